The van der Waals surface area contributed by atoms with E-state index in [1.54, 1.807) is 6.20 Å². The topological polar surface area (TPSA) is 53.3 Å². The fourth-order valence-corrected chi connectivity index (χ4v) is 3.38. The minimum Gasteiger partial charge on any atom is -0.395 e. The second-order valence-electron chi connectivity index (χ2n) is 6.03. The number of aliphatic hydroxyl groups is 1. The monoisotopic (exact) mass is 330 g/mol. The molecule has 0 aromatic carbocycles. The molecule has 6 heteroatoms. The Morgan fingerprint density at radius 3 is 2.78 bits per heavy atom. The van der Waals surface area contributed by atoms with Gasteiger partial charge in [-0.15, -0.1) is 0 Å². The van der Waals surface area contributed by atoms with E-state index in [9.17, 15) is 5.11 Å². The summed E-state index contributed by atoms with van der Waals surface area (Å²) in [6.07, 6.45) is 6.05. The summed E-state index contributed by atoms with van der Waals surface area (Å²) in [5, 5.41) is 13.4. The van der Waals surface area contributed by atoms with Gasteiger partial charge in [0.15, 0.2) is 5.11 Å². The van der Waals surface area contributed by atoms with Gasteiger partial charge in [0.1, 0.15) is 0 Å². The third kappa shape index (κ3) is 3.09. The molecule has 3 heterocycles. The minimum atomic E-state index is -0.0155. The van der Waals surface area contributed by atoms with Crippen LogP contribution in [0.1, 0.15) is 43.2 Å². The molecular formula is C17H22N4OS. The van der Waals surface area contributed by atoms with E-state index in [-0.39, 0.29) is 18.7 Å². The van der Waals surface area contributed by atoms with Crippen molar-refractivity contribution in [2.24, 2.45) is 0 Å². The van der Waals surface area contributed by atoms with Crippen LogP contribution < -0.4 is 5.32 Å². The highest BCUT2D eigenvalue weighted by molar-refractivity contribution is 7.80. The summed E-state index contributed by atoms with van der Waals surface area (Å²) in [7, 11) is 0. The van der Waals surface area contributed by atoms with Crippen LogP contribution in [0.25, 0.3) is 0 Å². The Kier molecular flexibility index (Phi) is 4.63. The lowest BCUT2D eigenvalue weighted by Gasteiger charge is -2.26. The van der Waals surface area contributed by atoms with E-state index in [4.69, 9.17) is 12.2 Å². The molecule has 0 unspecified atom stereocenters. The smallest absolute Gasteiger partial charge is 0.170 e. The molecule has 0 spiro atoms. The van der Waals surface area contributed by atoms with Crippen molar-refractivity contribution < 1.29 is 5.11 Å². The first-order valence-corrected chi connectivity index (χ1v) is 8.29. The van der Waals surface area contributed by atoms with Gasteiger partial charge in [0.25, 0.3) is 0 Å². The summed E-state index contributed by atoms with van der Waals surface area (Å²) < 4.78 is 2.18. The van der Waals surface area contributed by atoms with Crippen LogP contribution in [0.3, 0.4) is 0 Å². The van der Waals surface area contributed by atoms with Crippen LogP contribution in [-0.4, -0.2) is 37.8 Å². The lowest BCUT2D eigenvalue weighted by molar-refractivity contribution is 0.223. The third-order valence-electron chi connectivity index (χ3n) is 4.21. The average Bonchev–Trinajstić information content (AvgIpc) is 3.14. The second-order valence-corrected chi connectivity index (χ2v) is 6.42. The van der Waals surface area contributed by atoms with Crippen molar-refractivity contribution in [2.75, 3.05) is 13.2 Å². The standard InChI is InChI=1S/C17H22N4OS/c1-12(2)20-8-6-13(11-20)16-15(14-5-3-4-7-18-14)19-17(23)21(16)9-10-22/h3-8,11-12,15-16,22H,9-10H2,1-2H3,(H,19,23)/t15-,16-/m0/s1. The molecule has 1 aliphatic heterocycles. The first-order chi connectivity index (χ1) is 11.1. The Balaban J connectivity index is 1.99. The third-order valence-corrected chi connectivity index (χ3v) is 4.57. The van der Waals surface area contributed by atoms with Crippen molar-refractivity contribution in [3.05, 3.63) is 54.1 Å². The predicted octanol–water partition coefficient (Wildman–Crippen LogP) is 2.43. The maximum absolute atomic E-state index is 9.41. The fourth-order valence-electron chi connectivity index (χ4n) is 3.04. The van der Waals surface area contributed by atoms with Gasteiger partial charge in [-0.3, -0.25) is 4.98 Å². The van der Waals surface area contributed by atoms with E-state index in [0.29, 0.717) is 17.7 Å². The van der Waals surface area contributed by atoms with Crippen LogP contribution in [0.2, 0.25) is 0 Å². The van der Waals surface area contributed by atoms with Gasteiger partial charge in [-0.25, -0.2) is 0 Å². The SMILES string of the molecule is CC(C)n1ccc([C@H]2[C@H](c3ccccn3)NC(=S)N2CCO)c1. The number of hydrogen-bond donors (Lipinski definition) is 2. The Morgan fingerprint density at radius 1 is 1.35 bits per heavy atom. The van der Waals surface area contributed by atoms with Crippen molar-refractivity contribution in [1.82, 2.24) is 19.8 Å². The molecule has 2 aromatic rings. The number of pyridine rings is 1. The second kappa shape index (κ2) is 6.68. The van der Waals surface area contributed by atoms with Gasteiger partial charge in [0, 0.05) is 31.2 Å². The largest absolute Gasteiger partial charge is 0.395 e. The van der Waals surface area contributed by atoms with Gasteiger partial charge >= 0.3 is 0 Å². The minimum absolute atomic E-state index is 0.0155. The van der Waals surface area contributed by atoms with Gasteiger partial charge in [-0.2, -0.15) is 0 Å². The zero-order valence-electron chi connectivity index (χ0n) is 13.4. The van der Waals surface area contributed by atoms with Crippen LogP contribution in [0.4, 0.5) is 0 Å². The van der Waals surface area contributed by atoms with E-state index < -0.39 is 0 Å². The lowest BCUT2D eigenvalue weighted by atomic mass is 9.99. The summed E-state index contributed by atoms with van der Waals surface area (Å²) in [6, 6.07) is 8.45. The lowest BCUT2D eigenvalue weighted by Crippen LogP contribution is -2.32. The van der Waals surface area contributed by atoms with E-state index in [1.807, 2.05) is 18.2 Å². The zero-order chi connectivity index (χ0) is 16.4. The molecule has 0 saturated carbocycles. The Morgan fingerprint density at radius 2 is 2.17 bits per heavy atom. The molecule has 0 radical (unpaired) electrons. The Labute approximate surface area is 142 Å². The number of aliphatic hydroxyl groups excluding tert-OH is 1. The Bertz CT molecular complexity index is 670. The van der Waals surface area contributed by atoms with Crippen LogP contribution in [0.15, 0.2) is 42.9 Å². The van der Waals surface area contributed by atoms with Crippen LogP contribution in [0.5, 0.6) is 0 Å². The van der Waals surface area contributed by atoms with Crippen molar-refractivity contribution >= 4 is 17.3 Å². The molecule has 2 N–H and O–H groups in total. The summed E-state index contributed by atoms with van der Waals surface area (Å²) in [4.78, 5) is 6.54. The molecule has 2 atom stereocenters. The van der Waals surface area contributed by atoms with E-state index in [0.717, 1.165) is 5.69 Å². The molecule has 5 nitrogen and oxygen atoms in total. The number of rotatable bonds is 5. The number of aromatic nitrogens is 2. The van der Waals surface area contributed by atoms with Gasteiger partial charge in [0.05, 0.1) is 24.4 Å². The number of thiocarbonyl (C=S) groups is 1. The van der Waals surface area contributed by atoms with Crippen LogP contribution >= 0.6 is 12.2 Å². The summed E-state index contributed by atoms with van der Waals surface area (Å²) in [5.74, 6) is 0. The Hall–Kier alpha value is -1.92. The van der Waals surface area contributed by atoms with Crippen LogP contribution in [-0.2, 0) is 0 Å². The van der Waals surface area contributed by atoms with Gasteiger partial charge in [-0.1, -0.05) is 6.07 Å². The molecule has 2 aromatic heterocycles. The molecule has 1 aliphatic rings. The van der Waals surface area contributed by atoms with E-state index >= 15 is 0 Å². The van der Waals surface area contributed by atoms with Crippen molar-refractivity contribution in [3.8, 4) is 0 Å². The molecule has 0 aliphatic carbocycles. The first kappa shape index (κ1) is 16.0. The van der Waals surface area contributed by atoms with Crippen molar-refractivity contribution in [2.45, 2.75) is 32.0 Å². The highest BCUT2D eigenvalue weighted by Crippen LogP contribution is 2.38. The molecular weight excluding hydrogens is 308 g/mol. The highest BCUT2D eigenvalue weighted by Gasteiger charge is 2.39. The summed E-state index contributed by atoms with van der Waals surface area (Å²) in [5.41, 5.74) is 2.13. The molecule has 122 valence electrons. The van der Waals surface area contributed by atoms with Crippen molar-refractivity contribution in [1.29, 1.82) is 0 Å². The maximum Gasteiger partial charge on any atom is 0.170 e. The number of hydrogen-bond acceptors (Lipinski definition) is 3. The summed E-state index contributed by atoms with van der Waals surface area (Å²) >= 11 is 5.49. The predicted molar refractivity (Wildman–Crippen MR) is 94.1 cm³/mol. The van der Waals surface area contributed by atoms with Crippen LogP contribution in [0, 0.1) is 0 Å². The fraction of sp³-hybridized carbons (Fsp3) is 0.412. The molecule has 1 saturated heterocycles. The van der Waals surface area contributed by atoms with Gasteiger partial charge in [0.2, 0.25) is 0 Å². The summed E-state index contributed by atoms with van der Waals surface area (Å²) in [6.45, 7) is 4.89. The molecule has 3 rings (SSSR count). The van der Waals surface area contributed by atoms with Gasteiger partial charge in [-0.05, 0) is 49.8 Å². The normalized spacial score (nSPS) is 21.0. The average molecular weight is 330 g/mol. The first-order valence-electron chi connectivity index (χ1n) is 7.88. The molecule has 23 heavy (non-hydrogen) atoms. The molecule has 0 bridgehead atoms. The number of nitrogens with one attached hydrogen (secondary N) is 1. The maximum atomic E-state index is 9.41. The zero-order valence-corrected chi connectivity index (χ0v) is 14.2. The molecule has 1 fully saturated rings. The highest BCUT2D eigenvalue weighted by atomic mass is 32.1. The van der Waals surface area contributed by atoms with E-state index in [1.165, 1.54) is 5.56 Å². The quantitative estimate of drug-likeness (QED) is 0.825. The van der Waals surface area contributed by atoms with Gasteiger partial charge < -0.3 is 19.9 Å². The number of nitrogens with zero attached hydrogens (tertiary/aromatic N) is 3. The van der Waals surface area contributed by atoms with E-state index in [2.05, 4.69) is 52.1 Å². The van der Waals surface area contributed by atoms with Crippen molar-refractivity contribution in [3.63, 3.8) is 0 Å². The molecule has 0 amide bonds. The number of β-amino-alcohol motifs (C(OH)–C–C–N with tert-alkyl or cyclic N) is 1.